The second kappa shape index (κ2) is 5.60. The molecule has 0 aromatic heterocycles. The van der Waals surface area contributed by atoms with E-state index in [1.807, 2.05) is 20.8 Å². The Morgan fingerprint density at radius 3 is 2.60 bits per heavy atom. The van der Waals surface area contributed by atoms with Crippen molar-refractivity contribution in [2.45, 2.75) is 51.8 Å². The normalized spacial score (nSPS) is 29.2. The van der Waals surface area contributed by atoms with Crippen LogP contribution in [-0.2, 0) is 14.3 Å². The summed E-state index contributed by atoms with van der Waals surface area (Å²) in [4.78, 5) is 26.1. The first-order valence-electron chi connectivity index (χ1n) is 7.22. The standard InChI is InChI=1S/C14H24N2O4/c1-5-19-12(17)11-9-6-10(8-15-7-9)16(11)13(18)20-14(2,3)4/h9-11,15H,5-8H2,1-4H3/t9-,10-,11-/m0/s1. The van der Waals surface area contributed by atoms with Crippen LogP contribution in [0.15, 0.2) is 0 Å². The average Bonchev–Trinajstić information content (AvgIpc) is 2.58. The lowest BCUT2D eigenvalue weighted by molar-refractivity contribution is -0.149. The van der Waals surface area contributed by atoms with Gasteiger partial charge in [0, 0.05) is 25.0 Å². The largest absolute Gasteiger partial charge is 0.464 e. The highest BCUT2D eigenvalue weighted by atomic mass is 16.6. The number of amides is 1. The van der Waals surface area contributed by atoms with Crippen molar-refractivity contribution in [3.63, 3.8) is 0 Å². The molecule has 2 fully saturated rings. The molecule has 2 saturated heterocycles. The molecule has 0 saturated carbocycles. The quantitative estimate of drug-likeness (QED) is 0.770. The van der Waals surface area contributed by atoms with Crippen LogP contribution in [-0.4, -0.2) is 54.3 Å². The molecule has 0 aromatic carbocycles. The number of esters is 1. The van der Waals surface area contributed by atoms with E-state index in [0.29, 0.717) is 13.2 Å². The fourth-order valence-electron chi connectivity index (χ4n) is 2.97. The third kappa shape index (κ3) is 3.06. The van der Waals surface area contributed by atoms with Crippen molar-refractivity contribution in [3.8, 4) is 0 Å². The average molecular weight is 284 g/mol. The van der Waals surface area contributed by atoms with Gasteiger partial charge < -0.3 is 14.8 Å². The summed E-state index contributed by atoms with van der Waals surface area (Å²) in [5.74, 6) is -0.213. The lowest BCUT2D eigenvalue weighted by Crippen LogP contribution is -2.49. The Bertz CT molecular complexity index is 391. The van der Waals surface area contributed by atoms with Crippen LogP contribution in [0.1, 0.15) is 34.1 Å². The first-order chi connectivity index (χ1) is 9.33. The Labute approximate surface area is 119 Å². The zero-order valence-corrected chi connectivity index (χ0v) is 12.6. The minimum absolute atomic E-state index is 0.0120. The number of piperidine rings is 1. The molecule has 0 aromatic rings. The Morgan fingerprint density at radius 1 is 1.30 bits per heavy atom. The van der Waals surface area contributed by atoms with E-state index in [2.05, 4.69) is 5.32 Å². The summed E-state index contributed by atoms with van der Waals surface area (Å²) in [6, 6.07) is -0.511. The first-order valence-corrected chi connectivity index (χ1v) is 7.22. The van der Waals surface area contributed by atoms with E-state index >= 15 is 0 Å². The van der Waals surface area contributed by atoms with E-state index in [-0.39, 0.29) is 17.9 Å². The van der Waals surface area contributed by atoms with Crippen molar-refractivity contribution in [3.05, 3.63) is 0 Å². The third-order valence-electron chi connectivity index (χ3n) is 3.63. The molecule has 2 aliphatic rings. The zero-order valence-electron chi connectivity index (χ0n) is 12.6. The number of nitrogens with zero attached hydrogens (tertiary/aromatic N) is 1. The predicted molar refractivity (Wildman–Crippen MR) is 73.3 cm³/mol. The van der Waals surface area contributed by atoms with Crippen LogP contribution in [0.5, 0.6) is 0 Å². The van der Waals surface area contributed by atoms with Crippen LogP contribution in [0, 0.1) is 5.92 Å². The van der Waals surface area contributed by atoms with Gasteiger partial charge in [-0.1, -0.05) is 0 Å². The van der Waals surface area contributed by atoms with Gasteiger partial charge >= 0.3 is 12.1 Å². The molecular formula is C14H24N2O4. The van der Waals surface area contributed by atoms with Gasteiger partial charge in [0.2, 0.25) is 0 Å². The highest BCUT2D eigenvalue weighted by molar-refractivity contribution is 5.83. The summed E-state index contributed by atoms with van der Waals surface area (Å²) < 4.78 is 10.6. The van der Waals surface area contributed by atoms with Crippen LogP contribution in [0.25, 0.3) is 0 Å². The first kappa shape index (κ1) is 15.1. The van der Waals surface area contributed by atoms with Crippen LogP contribution in [0.4, 0.5) is 4.79 Å². The van der Waals surface area contributed by atoms with Gasteiger partial charge in [0.25, 0.3) is 0 Å². The summed E-state index contributed by atoms with van der Waals surface area (Å²) in [6.45, 7) is 9.00. The van der Waals surface area contributed by atoms with Crippen molar-refractivity contribution in [2.24, 2.45) is 5.92 Å². The molecule has 6 heteroatoms. The van der Waals surface area contributed by atoms with Gasteiger partial charge in [0.1, 0.15) is 11.6 Å². The van der Waals surface area contributed by atoms with Crippen LogP contribution >= 0.6 is 0 Å². The molecule has 2 aliphatic heterocycles. The summed E-state index contributed by atoms with van der Waals surface area (Å²) in [7, 11) is 0. The SMILES string of the molecule is CCOC(=O)[C@@H]1[C@@H]2CNC[C@H](C2)N1C(=O)OC(C)(C)C. The molecule has 2 heterocycles. The van der Waals surface area contributed by atoms with Crippen LogP contribution in [0.3, 0.4) is 0 Å². The summed E-state index contributed by atoms with van der Waals surface area (Å²) in [5.41, 5.74) is -0.569. The van der Waals surface area contributed by atoms with E-state index < -0.39 is 17.7 Å². The Hall–Kier alpha value is -1.30. The van der Waals surface area contributed by atoms with E-state index in [1.165, 1.54) is 0 Å². The van der Waals surface area contributed by atoms with Crippen LogP contribution in [0.2, 0.25) is 0 Å². The minimum atomic E-state index is -0.569. The fraction of sp³-hybridized carbons (Fsp3) is 0.857. The van der Waals surface area contributed by atoms with Gasteiger partial charge in [-0.25, -0.2) is 9.59 Å². The molecule has 0 unspecified atom stereocenters. The number of nitrogens with one attached hydrogen (secondary N) is 1. The molecule has 0 radical (unpaired) electrons. The van der Waals surface area contributed by atoms with Gasteiger partial charge in [-0.05, 0) is 34.1 Å². The van der Waals surface area contributed by atoms with Crippen molar-refractivity contribution >= 4 is 12.1 Å². The number of hydrogen-bond acceptors (Lipinski definition) is 5. The Balaban J connectivity index is 2.18. The highest BCUT2D eigenvalue weighted by Gasteiger charge is 2.51. The number of ether oxygens (including phenoxy) is 2. The van der Waals surface area contributed by atoms with Crippen LogP contribution < -0.4 is 5.32 Å². The van der Waals surface area contributed by atoms with Crippen molar-refractivity contribution in [1.29, 1.82) is 0 Å². The molecule has 0 aliphatic carbocycles. The second-order valence-electron chi connectivity index (χ2n) is 6.39. The topological polar surface area (TPSA) is 67.9 Å². The van der Waals surface area contributed by atoms with Crippen molar-refractivity contribution in [1.82, 2.24) is 10.2 Å². The summed E-state index contributed by atoms with van der Waals surface area (Å²) >= 11 is 0. The molecule has 2 bridgehead atoms. The predicted octanol–water partition coefficient (Wildman–Crippen LogP) is 1.15. The number of fused-ring (bicyclic) bond motifs is 2. The molecule has 114 valence electrons. The van der Waals surface area contributed by atoms with Gasteiger partial charge in [-0.2, -0.15) is 0 Å². The maximum Gasteiger partial charge on any atom is 0.411 e. The number of hydrogen-bond donors (Lipinski definition) is 1. The van der Waals surface area contributed by atoms with E-state index in [9.17, 15) is 9.59 Å². The molecule has 3 atom stereocenters. The third-order valence-corrected chi connectivity index (χ3v) is 3.63. The molecule has 0 spiro atoms. The number of carbonyl (C=O) groups excluding carboxylic acids is 2. The summed E-state index contributed by atoms with van der Waals surface area (Å²) in [6.07, 6.45) is 0.405. The van der Waals surface area contributed by atoms with E-state index in [0.717, 1.165) is 13.0 Å². The number of carbonyl (C=O) groups is 2. The highest BCUT2D eigenvalue weighted by Crippen LogP contribution is 2.34. The molecule has 20 heavy (non-hydrogen) atoms. The van der Waals surface area contributed by atoms with Gasteiger partial charge in [-0.15, -0.1) is 0 Å². The molecule has 2 rings (SSSR count). The molecular weight excluding hydrogens is 260 g/mol. The van der Waals surface area contributed by atoms with Gasteiger partial charge in [0.05, 0.1) is 6.61 Å². The smallest absolute Gasteiger partial charge is 0.411 e. The zero-order chi connectivity index (χ0) is 14.9. The maximum atomic E-state index is 12.4. The monoisotopic (exact) mass is 284 g/mol. The van der Waals surface area contributed by atoms with E-state index in [1.54, 1.807) is 11.8 Å². The maximum absolute atomic E-state index is 12.4. The van der Waals surface area contributed by atoms with Gasteiger partial charge in [-0.3, -0.25) is 4.90 Å². The molecule has 1 amide bonds. The summed E-state index contributed by atoms with van der Waals surface area (Å²) in [5, 5.41) is 3.26. The lowest BCUT2D eigenvalue weighted by atomic mass is 9.96. The Kier molecular flexibility index (Phi) is 4.22. The number of rotatable bonds is 2. The Morgan fingerprint density at radius 2 is 2.00 bits per heavy atom. The lowest BCUT2D eigenvalue weighted by Gasteiger charge is -2.31. The number of likely N-dealkylation sites (tertiary alicyclic amines) is 1. The van der Waals surface area contributed by atoms with Gasteiger partial charge in [0.15, 0.2) is 0 Å². The van der Waals surface area contributed by atoms with Crippen molar-refractivity contribution < 1.29 is 19.1 Å². The fourth-order valence-corrected chi connectivity index (χ4v) is 2.97. The van der Waals surface area contributed by atoms with Crippen molar-refractivity contribution in [2.75, 3.05) is 19.7 Å². The molecule has 6 nitrogen and oxygen atoms in total. The van der Waals surface area contributed by atoms with E-state index in [4.69, 9.17) is 9.47 Å². The second-order valence-corrected chi connectivity index (χ2v) is 6.39. The molecule has 1 N–H and O–H groups in total. The minimum Gasteiger partial charge on any atom is -0.464 e.